The Bertz CT molecular complexity index is 373. The summed E-state index contributed by atoms with van der Waals surface area (Å²) in [5, 5.41) is 0. The monoisotopic (exact) mass is 208 g/mol. The topological polar surface area (TPSA) is 64.2 Å². The zero-order chi connectivity index (χ0) is 11.0. The van der Waals surface area contributed by atoms with Gasteiger partial charge in [0.25, 0.3) is 0 Å². The van der Waals surface area contributed by atoms with Crippen LogP contribution in [0.5, 0.6) is 0 Å². The fourth-order valence-corrected chi connectivity index (χ4v) is 2.14. The summed E-state index contributed by atoms with van der Waals surface area (Å²) in [6.45, 7) is 0. The van der Waals surface area contributed by atoms with E-state index in [2.05, 4.69) is 4.98 Å². The van der Waals surface area contributed by atoms with Gasteiger partial charge in [-0.1, -0.05) is 0 Å². The highest BCUT2D eigenvalue weighted by Gasteiger charge is 2.33. The van der Waals surface area contributed by atoms with Crippen LogP contribution in [-0.2, 0) is 11.8 Å². The van der Waals surface area contributed by atoms with E-state index in [9.17, 15) is 4.79 Å². The smallest absolute Gasteiger partial charge is 0.222 e. The summed E-state index contributed by atoms with van der Waals surface area (Å²) in [6, 6.07) is -0.0400. The number of hydrogen-bond donors (Lipinski definition) is 1. The Morgan fingerprint density at radius 2 is 2.27 bits per heavy atom. The number of piperidine rings is 1. The molecule has 1 aromatic rings. The van der Waals surface area contributed by atoms with Gasteiger partial charge in [0.1, 0.15) is 0 Å². The lowest BCUT2D eigenvalue weighted by Crippen LogP contribution is -2.47. The number of nitrogens with two attached hydrogens (primary N) is 1. The van der Waals surface area contributed by atoms with Gasteiger partial charge in [0.05, 0.1) is 24.3 Å². The molecule has 1 saturated heterocycles. The molecule has 1 amide bonds. The van der Waals surface area contributed by atoms with Crippen LogP contribution in [0.15, 0.2) is 12.5 Å². The highest BCUT2D eigenvalue weighted by atomic mass is 16.2. The number of hydrogen-bond acceptors (Lipinski definition) is 3. The molecule has 2 N–H and O–H groups in total. The van der Waals surface area contributed by atoms with Gasteiger partial charge in [-0.05, 0) is 6.42 Å². The number of amides is 1. The molecular weight excluding hydrogens is 192 g/mol. The van der Waals surface area contributed by atoms with Crippen LogP contribution < -0.4 is 5.73 Å². The van der Waals surface area contributed by atoms with Crippen molar-refractivity contribution in [2.24, 2.45) is 12.8 Å². The third kappa shape index (κ3) is 1.63. The molecule has 0 bridgehead atoms. The van der Waals surface area contributed by atoms with Gasteiger partial charge in [0, 0.05) is 26.6 Å². The first-order valence-electron chi connectivity index (χ1n) is 5.08. The molecule has 0 aromatic carbocycles. The first kappa shape index (κ1) is 10.2. The van der Waals surface area contributed by atoms with E-state index in [0.717, 1.165) is 12.1 Å². The van der Waals surface area contributed by atoms with Crippen molar-refractivity contribution in [3.05, 3.63) is 18.2 Å². The lowest BCUT2D eigenvalue weighted by Gasteiger charge is -2.37. The maximum absolute atomic E-state index is 11.6. The molecular formula is C10H16N4O. The largest absolute Gasteiger partial charge is 0.336 e. The molecule has 5 heteroatoms. The third-order valence-electron chi connectivity index (χ3n) is 3.06. The predicted molar refractivity (Wildman–Crippen MR) is 55.9 cm³/mol. The minimum absolute atomic E-state index is 0.00287. The van der Waals surface area contributed by atoms with Gasteiger partial charge in [-0.3, -0.25) is 4.79 Å². The molecule has 2 heterocycles. The van der Waals surface area contributed by atoms with Gasteiger partial charge >= 0.3 is 0 Å². The van der Waals surface area contributed by atoms with Crippen LogP contribution in [0.4, 0.5) is 0 Å². The summed E-state index contributed by atoms with van der Waals surface area (Å²) >= 11 is 0. The summed E-state index contributed by atoms with van der Waals surface area (Å²) in [4.78, 5) is 17.4. The van der Waals surface area contributed by atoms with Crippen LogP contribution in [0.1, 0.15) is 24.6 Å². The van der Waals surface area contributed by atoms with E-state index in [0.29, 0.717) is 6.42 Å². The maximum atomic E-state index is 11.6. The third-order valence-corrected chi connectivity index (χ3v) is 3.06. The Morgan fingerprint density at radius 1 is 1.53 bits per heavy atom. The first-order valence-corrected chi connectivity index (χ1v) is 5.08. The van der Waals surface area contributed by atoms with Crippen LogP contribution >= 0.6 is 0 Å². The van der Waals surface area contributed by atoms with Gasteiger partial charge in [0.2, 0.25) is 5.91 Å². The number of carbonyl (C=O) groups is 1. The Morgan fingerprint density at radius 3 is 2.87 bits per heavy atom. The molecule has 0 aliphatic carbocycles. The molecule has 2 rings (SSSR count). The standard InChI is InChI=1S/C10H16N4O/c1-13-6-12-5-8(13)10-7(11)3-4-9(15)14(10)2/h5-7,10H,3-4,11H2,1-2H3/t7-,10-/m1/s1. The van der Waals surface area contributed by atoms with E-state index >= 15 is 0 Å². The van der Waals surface area contributed by atoms with Crippen molar-refractivity contribution in [2.45, 2.75) is 24.9 Å². The fourth-order valence-electron chi connectivity index (χ4n) is 2.14. The second kappa shape index (κ2) is 3.66. The molecule has 1 aliphatic heterocycles. The van der Waals surface area contributed by atoms with Crippen LogP contribution in [0, 0.1) is 0 Å². The number of likely N-dealkylation sites (tertiary alicyclic amines) is 1. The Balaban J connectivity index is 2.33. The lowest BCUT2D eigenvalue weighted by molar-refractivity contribution is -0.135. The van der Waals surface area contributed by atoms with E-state index in [1.165, 1.54) is 0 Å². The fraction of sp³-hybridized carbons (Fsp3) is 0.600. The van der Waals surface area contributed by atoms with Gasteiger partial charge in [0.15, 0.2) is 0 Å². The van der Waals surface area contributed by atoms with Gasteiger partial charge in [-0.15, -0.1) is 0 Å². The molecule has 2 atom stereocenters. The van der Waals surface area contributed by atoms with Crippen molar-refractivity contribution in [3.63, 3.8) is 0 Å². The van der Waals surface area contributed by atoms with Crippen LogP contribution in [-0.4, -0.2) is 33.4 Å². The molecule has 82 valence electrons. The second-order valence-electron chi connectivity index (χ2n) is 4.08. The van der Waals surface area contributed by atoms with Crippen molar-refractivity contribution >= 4 is 5.91 Å². The maximum Gasteiger partial charge on any atom is 0.222 e. The van der Waals surface area contributed by atoms with Gasteiger partial charge in [-0.25, -0.2) is 4.98 Å². The van der Waals surface area contributed by atoms with Crippen LogP contribution in [0.3, 0.4) is 0 Å². The van der Waals surface area contributed by atoms with Crippen molar-refractivity contribution < 1.29 is 4.79 Å². The second-order valence-corrected chi connectivity index (χ2v) is 4.08. The van der Waals surface area contributed by atoms with E-state index in [4.69, 9.17) is 5.73 Å². The van der Waals surface area contributed by atoms with E-state index < -0.39 is 0 Å². The minimum atomic E-state index is -0.0428. The Kier molecular flexibility index (Phi) is 2.48. The number of nitrogens with zero attached hydrogens (tertiary/aromatic N) is 3. The zero-order valence-corrected chi connectivity index (χ0v) is 9.05. The van der Waals surface area contributed by atoms with E-state index in [1.54, 1.807) is 24.5 Å². The van der Waals surface area contributed by atoms with E-state index in [-0.39, 0.29) is 18.0 Å². The SMILES string of the molecule is CN1C(=O)CC[C@@H](N)[C@@H]1c1cncn1C. The minimum Gasteiger partial charge on any atom is -0.336 e. The first-order chi connectivity index (χ1) is 7.11. The number of imidazole rings is 1. The normalized spacial score (nSPS) is 27.1. The molecule has 1 fully saturated rings. The molecule has 0 radical (unpaired) electrons. The summed E-state index contributed by atoms with van der Waals surface area (Å²) in [5.74, 6) is 0.155. The average Bonchev–Trinajstić information content (AvgIpc) is 2.60. The molecule has 1 aliphatic rings. The van der Waals surface area contributed by atoms with E-state index in [1.807, 2.05) is 11.6 Å². The average molecular weight is 208 g/mol. The van der Waals surface area contributed by atoms with Crippen molar-refractivity contribution in [1.29, 1.82) is 0 Å². The van der Waals surface area contributed by atoms with Crippen LogP contribution in [0.2, 0.25) is 0 Å². The number of aryl methyl sites for hydroxylation is 1. The number of rotatable bonds is 1. The summed E-state index contributed by atoms with van der Waals surface area (Å²) in [6.07, 6.45) is 4.81. The number of likely N-dealkylation sites (N-methyl/N-ethyl adjacent to an activating group) is 1. The molecule has 15 heavy (non-hydrogen) atoms. The molecule has 0 unspecified atom stereocenters. The lowest BCUT2D eigenvalue weighted by atomic mass is 9.95. The number of aromatic nitrogens is 2. The molecule has 0 spiro atoms. The zero-order valence-electron chi connectivity index (χ0n) is 9.05. The number of carbonyl (C=O) groups excluding carboxylic acids is 1. The van der Waals surface area contributed by atoms with Crippen molar-refractivity contribution in [2.75, 3.05) is 7.05 Å². The molecule has 0 saturated carbocycles. The summed E-state index contributed by atoms with van der Waals surface area (Å²) < 4.78 is 1.92. The van der Waals surface area contributed by atoms with Gasteiger partial charge < -0.3 is 15.2 Å². The van der Waals surface area contributed by atoms with Crippen molar-refractivity contribution in [3.8, 4) is 0 Å². The highest BCUT2D eigenvalue weighted by molar-refractivity contribution is 5.77. The highest BCUT2D eigenvalue weighted by Crippen LogP contribution is 2.28. The molecule has 1 aromatic heterocycles. The summed E-state index contributed by atoms with van der Waals surface area (Å²) in [5.41, 5.74) is 7.05. The summed E-state index contributed by atoms with van der Waals surface area (Å²) in [7, 11) is 3.72. The van der Waals surface area contributed by atoms with Gasteiger partial charge in [-0.2, -0.15) is 0 Å². The predicted octanol–water partition coefficient (Wildman–Crippen LogP) is 0.0407. The van der Waals surface area contributed by atoms with Crippen LogP contribution in [0.25, 0.3) is 0 Å². The quantitative estimate of drug-likeness (QED) is 0.708. The Labute approximate surface area is 88.9 Å². The molecule has 5 nitrogen and oxygen atoms in total. The Hall–Kier alpha value is -1.36. The van der Waals surface area contributed by atoms with Crippen molar-refractivity contribution in [1.82, 2.24) is 14.5 Å².